The van der Waals surface area contributed by atoms with Crippen LogP contribution >= 0.6 is 0 Å². The zero-order valence-electron chi connectivity index (χ0n) is 10.3. The monoisotopic (exact) mass is 229 g/mol. The molecule has 16 heavy (non-hydrogen) atoms. The highest BCUT2D eigenvalue weighted by Gasteiger charge is 2.34. The van der Waals surface area contributed by atoms with Crippen molar-refractivity contribution in [1.82, 2.24) is 4.90 Å². The molecule has 1 fully saturated rings. The van der Waals surface area contributed by atoms with Gasteiger partial charge in [-0.05, 0) is 12.8 Å². The third-order valence-electron chi connectivity index (χ3n) is 3.13. The van der Waals surface area contributed by atoms with Gasteiger partial charge in [0.15, 0.2) is 0 Å². The third kappa shape index (κ3) is 3.46. The Morgan fingerprint density at radius 1 is 1.31 bits per heavy atom. The fourth-order valence-corrected chi connectivity index (χ4v) is 2.28. The molecule has 4 heteroatoms. The predicted octanol–water partition coefficient (Wildman–Crippen LogP) is 0.911. The molecule has 1 aliphatic heterocycles. The fraction of sp³-hybridized carbons (Fsp3) is 0.917. The number of rotatable bonds is 6. The summed E-state index contributed by atoms with van der Waals surface area (Å²) in [7, 11) is 0. The summed E-state index contributed by atoms with van der Waals surface area (Å²) in [4.78, 5) is 13.4. The molecule has 1 saturated heterocycles. The van der Waals surface area contributed by atoms with Gasteiger partial charge in [-0.15, -0.1) is 0 Å². The molecule has 4 nitrogen and oxygen atoms in total. The lowest BCUT2D eigenvalue weighted by Crippen LogP contribution is -2.55. The van der Waals surface area contributed by atoms with Crippen LogP contribution in [0.1, 0.15) is 46.0 Å². The van der Waals surface area contributed by atoms with E-state index in [1.165, 1.54) is 0 Å². The number of hydrogen-bond donors (Lipinski definition) is 2. The molecule has 0 bridgehead atoms. The summed E-state index contributed by atoms with van der Waals surface area (Å²) in [6.45, 7) is 4.87. The first-order valence-corrected chi connectivity index (χ1v) is 6.19. The standard InChI is InChI=1S/C12H23NO3/c1-3-5-12(16,6-4-2)7-11(15)13-8-10(14)9-13/h10,14,16H,3-9H2,1-2H3. The van der Waals surface area contributed by atoms with E-state index >= 15 is 0 Å². The lowest BCUT2D eigenvalue weighted by Gasteiger charge is -2.38. The van der Waals surface area contributed by atoms with Crippen LogP contribution in [-0.4, -0.2) is 45.8 Å². The molecular weight excluding hydrogens is 206 g/mol. The highest BCUT2D eigenvalue weighted by molar-refractivity contribution is 5.78. The van der Waals surface area contributed by atoms with Crippen molar-refractivity contribution in [2.75, 3.05) is 13.1 Å². The van der Waals surface area contributed by atoms with Gasteiger partial charge in [0.05, 0.1) is 18.1 Å². The lowest BCUT2D eigenvalue weighted by molar-refractivity contribution is -0.147. The Labute approximate surface area is 97.3 Å². The summed E-state index contributed by atoms with van der Waals surface area (Å²) >= 11 is 0. The Balaban J connectivity index is 2.44. The topological polar surface area (TPSA) is 60.8 Å². The summed E-state index contributed by atoms with van der Waals surface area (Å²) in [5, 5.41) is 19.4. The summed E-state index contributed by atoms with van der Waals surface area (Å²) in [5.41, 5.74) is -0.846. The molecule has 0 saturated carbocycles. The largest absolute Gasteiger partial charge is 0.389 e. The Kier molecular flexibility index (Phi) is 4.74. The quantitative estimate of drug-likeness (QED) is 0.711. The van der Waals surface area contributed by atoms with Crippen LogP contribution in [0.15, 0.2) is 0 Å². The van der Waals surface area contributed by atoms with Gasteiger partial charge in [0.1, 0.15) is 0 Å². The molecule has 0 aromatic rings. The average Bonchev–Trinajstić information content (AvgIpc) is 2.13. The van der Waals surface area contributed by atoms with E-state index in [0.717, 1.165) is 12.8 Å². The zero-order chi connectivity index (χ0) is 12.2. The molecule has 1 rings (SSSR count). The van der Waals surface area contributed by atoms with Crippen LogP contribution in [0.3, 0.4) is 0 Å². The minimum atomic E-state index is -0.846. The molecule has 1 heterocycles. The molecule has 0 aromatic carbocycles. The van der Waals surface area contributed by atoms with E-state index in [9.17, 15) is 9.90 Å². The van der Waals surface area contributed by atoms with Gasteiger partial charge < -0.3 is 15.1 Å². The maximum Gasteiger partial charge on any atom is 0.225 e. The second kappa shape index (κ2) is 5.64. The van der Waals surface area contributed by atoms with Gasteiger partial charge in [-0.25, -0.2) is 0 Å². The number of hydrogen-bond acceptors (Lipinski definition) is 3. The van der Waals surface area contributed by atoms with Crippen molar-refractivity contribution in [3.05, 3.63) is 0 Å². The van der Waals surface area contributed by atoms with Crippen LogP contribution in [0.2, 0.25) is 0 Å². The zero-order valence-corrected chi connectivity index (χ0v) is 10.3. The molecule has 0 radical (unpaired) electrons. The first-order valence-electron chi connectivity index (χ1n) is 6.19. The molecule has 94 valence electrons. The average molecular weight is 229 g/mol. The van der Waals surface area contributed by atoms with Gasteiger partial charge >= 0.3 is 0 Å². The fourth-order valence-electron chi connectivity index (χ4n) is 2.28. The lowest BCUT2D eigenvalue weighted by atomic mass is 9.88. The van der Waals surface area contributed by atoms with Crippen molar-refractivity contribution < 1.29 is 15.0 Å². The Hall–Kier alpha value is -0.610. The van der Waals surface area contributed by atoms with Crippen molar-refractivity contribution in [3.8, 4) is 0 Å². The van der Waals surface area contributed by atoms with E-state index < -0.39 is 5.60 Å². The number of carbonyl (C=O) groups excluding carboxylic acids is 1. The summed E-state index contributed by atoms with van der Waals surface area (Å²) in [6.07, 6.45) is 2.93. The molecule has 1 aliphatic rings. The highest BCUT2D eigenvalue weighted by atomic mass is 16.3. The third-order valence-corrected chi connectivity index (χ3v) is 3.13. The second-order valence-corrected chi connectivity index (χ2v) is 4.85. The molecule has 2 N–H and O–H groups in total. The van der Waals surface area contributed by atoms with Gasteiger partial charge in [-0.2, -0.15) is 0 Å². The highest BCUT2D eigenvalue weighted by Crippen LogP contribution is 2.25. The number of carbonyl (C=O) groups is 1. The summed E-state index contributed by atoms with van der Waals surface area (Å²) in [5.74, 6) is -0.0327. The molecule has 0 unspecified atom stereocenters. The molecule has 0 atom stereocenters. The van der Waals surface area contributed by atoms with Crippen LogP contribution in [0.5, 0.6) is 0 Å². The number of likely N-dealkylation sites (tertiary alicyclic amines) is 1. The molecule has 1 amide bonds. The van der Waals surface area contributed by atoms with Crippen molar-refractivity contribution in [3.63, 3.8) is 0 Å². The van der Waals surface area contributed by atoms with Crippen LogP contribution in [0.4, 0.5) is 0 Å². The van der Waals surface area contributed by atoms with Gasteiger partial charge in [0, 0.05) is 13.1 Å². The van der Waals surface area contributed by atoms with Crippen LogP contribution in [0.25, 0.3) is 0 Å². The Morgan fingerprint density at radius 2 is 1.81 bits per heavy atom. The Bertz CT molecular complexity index is 230. The predicted molar refractivity (Wildman–Crippen MR) is 62.0 cm³/mol. The van der Waals surface area contributed by atoms with Crippen molar-refractivity contribution in [2.45, 2.75) is 57.7 Å². The maximum atomic E-state index is 11.8. The van der Waals surface area contributed by atoms with E-state index in [1.54, 1.807) is 4.90 Å². The number of nitrogens with zero attached hydrogens (tertiary/aromatic N) is 1. The number of amides is 1. The first-order chi connectivity index (χ1) is 7.50. The van der Waals surface area contributed by atoms with Gasteiger partial charge in [0.2, 0.25) is 5.91 Å². The van der Waals surface area contributed by atoms with Gasteiger partial charge in [0.25, 0.3) is 0 Å². The molecule has 0 spiro atoms. The number of aliphatic hydroxyl groups is 2. The SMILES string of the molecule is CCCC(O)(CCC)CC(=O)N1CC(O)C1. The number of β-amino-alcohol motifs (C(OH)–C–C–N with tert-alkyl or cyclic N) is 1. The summed E-state index contributed by atoms with van der Waals surface area (Å²) in [6, 6.07) is 0. The normalized spacial score (nSPS) is 17.4. The first kappa shape index (κ1) is 13.5. The number of aliphatic hydroxyl groups excluding tert-OH is 1. The van der Waals surface area contributed by atoms with E-state index in [1.807, 2.05) is 13.8 Å². The van der Waals surface area contributed by atoms with Gasteiger partial charge in [-0.1, -0.05) is 26.7 Å². The van der Waals surface area contributed by atoms with Gasteiger partial charge in [-0.3, -0.25) is 4.79 Å². The Morgan fingerprint density at radius 3 is 2.19 bits per heavy atom. The minimum absolute atomic E-state index is 0.0327. The minimum Gasteiger partial charge on any atom is -0.389 e. The van der Waals surface area contributed by atoms with Crippen LogP contribution in [0, 0.1) is 0 Å². The smallest absolute Gasteiger partial charge is 0.225 e. The van der Waals surface area contributed by atoms with Crippen molar-refractivity contribution >= 4 is 5.91 Å². The summed E-state index contributed by atoms with van der Waals surface area (Å²) < 4.78 is 0. The van der Waals surface area contributed by atoms with E-state index in [0.29, 0.717) is 25.9 Å². The van der Waals surface area contributed by atoms with E-state index in [-0.39, 0.29) is 18.4 Å². The van der Waals surface area contributed by atoms with E-state index in [2.05, 4.69) is 0 Å². The molecule has 0 aliphatic carbocycles. The maximum absolute atomic E-state index is 11.8. The van der Waals surface area contributed by atoms with Crippen molar-refractivity contribution in [2.24, 2.45) is 0 Å². The van der Waals surface area contributed by atoms with Crippen molar-refractivity contribution in [1.29, 1.82) is 0 Å². The van der Waals surface area contributed by atoms with E-state index in [4.69, 9.17) is 5.11 Å². The molecular formula is C12H23NO3. The molecule has 0 aromatic heterocycles. The van der Waals surface area contributed by atoms with Crippen LogP contribution in [-0.2, 0) is 4.79 Å². The second-order valence-electron chi connectivity index (χ2n) is 4.85. The van der Waals surface area contributed by atoms with Crippen LogP contribution < -0.4 is 0 Å².